The van der Waals surface area contributed by atoms with Crippen molar-refractivity contribution in [3.63, 3.8) is 0 Å². The summed E-state index contributed by atoms with van der Waals surface area (Å²) in [5.74, 6) is 0. The van der Waals surface area contributed by atoms with Gasteiger partial charge in [0.15, 0.2) is 8.32 Å². The molecular formula is C22H29ClN2OSi. The van der Waals surface area contributed by atoms with Gasteiger partial charge in [0.2, 0.25) is 0 Å². The van der Waals surface area contributed by atoms with Crippen LogP contribution in [-0.4, -0.2) is 14.9 Å². The zero-order valence-corrected chi connectivity index (χ0v) is 18.6. The summed E-state index contributed by atoms with van der Waals surface area (Å²) in [5.41, 5.74) is 5.49. The van der Waals surface area contributed by atoms with Crippen molar-refractivity contribution >= 4 is 36.4 Å². The highest BCUT2D eigenvalue weighted by molar-refractivity contribution is 6.74. The maximum atomic E-state index is 6.32. The third kappa shape index (κ3) is 4.75. The second-order valence-electron chi connectivity index (χ2n) is 8.56. The molecule has 3 nitrogen and oxygen atoms in total. The second-order valence-corrected chi connectivity index (χ2v) is 13.8. The predicted octanol–water partition coefficient (Wildman–Crippen LogP) is 6.32. The van der Waals surface area contributed by atoms with Crippen LogP contribution in [-0.2, 0) is 10.8 Å². The first kappa shape index (κ1) is 20.0. The van der Waals surface area contributed by atoms with E-state index in [9.17, 15) is 0 Å². The summed E-state index contributed by atoms with van der Waals surface area (Å²) in [5, 5.41) is 5.23. The number of fused-ring (bicyclic) bond motifs is 1. The van der Waals surface area contributed by atoms with Crippen molar-refractivity contribution in [2.75, 3.05) is 11.6 Å². The van der Waals surface area contributed by atoms with E-state index >= 15 is 0 Å². The number of halogens is 1. The lowest BCUT2D eigenvalue weighted by molar-refractivity contribution is 0.292. The Morgan fingerprint density at radius 2 is 1.78 bits per heavy atom. The van der Waals surface area contributed by atoms with Crippen LogP contribution in [0.5, 0.6) is 0 Å². The van der Waals surface area contributed by atoms with E-state index in [1.807, 2.05) is 23.4 Å². The van der Waals surface area contributed by atoms with Gasteiger partial charge in [-0.25, -0.2) is 0 Å². The summed E-state index contributed by atoms with van der Waals surface area (Å²) < 4.78 is 6.32. The van der Waals surface area contributed by atoms with Crippen LogP contribution in [0.3, 0.4) is 0 Å². The van der Waals surface area contributed by atoms with Crippen LogP contribution in [0.15, 0.2) is 59.9 Å². The van der Waals surface area contributed by atoms with E-state index in [1.54, 1.807) is 0 Å². The zero-order valence-electron chi connectivity index (χ0n) is 16.8. The third-order valence-corrected chi connectivity index (χ3v) is 10.3. The zero-order chi connectivity index (χ0) is 19.7. The van der Waals surface area contributed by atoms with Crippen molar-refractivity contribution in [1.82, 2.24) is 5.43 Å². The Balaban J connectivity index is 1.69. The van der Waals surface area contributed by atoms with Crippen LogP contribution >= 0.6 is 11.6 Å². The van der Waals surface area contributed by atoms with Gasteiger partial charge in [-0.15, -0.1) is 0 Å². The summed E-state index contributed by atoms with van der Waals surface area (Å²) in [4.78, 5) is 0. The van der Waals surface area contributed by atoms with Crippen molar-refractivity contribution < 1.29 is 4.43 Å². The molecule has 2 aromatic carbocycles. The minimum absolute atomic E-state index is 0.252. The van der Waals surface area contributed by atoms with Gasteiger partial charge in [0.1, 0.15) is 5.16 Å². The lowest BCUT2D eigenvalue weighted by Crippen LogP contribution is -2.41. The third-order valence-electron chi connectivity index (χ3n) is 5.53. The molecule has 0 aromatic heterocycles. The summed E-state index contributed by atoms with van der Waals surface area (Å²) in [6.07, 6.45) is 6.66. The smallest absolute Gasteiger partial charge is 0.191 e. The van der Waals surface area contributed by atoms with Crippen molar-refractivity contribution in [2.45, 2.75) is 45.3 Å². The molecule has 0 fully saturated rings. The Kier molecular flexibility index (Phi) is 5.70. The van der Waals surface area contributed by atoms with Gasteiger partial charge in [0.25, 0.3) is 0 Å². The Labute approximate surface area is 168 Å². The van der Waals surface area contributed by atoms with Crippen LogP contribution in [0, 0.1) is 0 Å². The van der Waals surface area contributed by atoms with Crippen molar-refractivity contribution in [3.8, 4) is 0 Å². The number of hydrogen-bond donors (Lipinski definition) is 1. The number of benzene rings is 2. The maximum absolute atomic E-state index is 6.32. The molecule has 0 amide bonds. The van der Waals surface area contributed by atoms with Gasteiger partial charge in [-0.05, 0) is 65.2 Å². The summed E-state index contributed by atoms with van der Waals surface area (Å²) in [6, 6.07) is 13.1. The monoisotopic (exact) mass is 400 g/mol. The standard InChI is InChI=1S/C22H29ClN2OSi/c1-22(2,3)27(4,5)26-14-12-17-8-9-19-16-20(11-10-18(19)15-17)25-13-6-7-21(23)24-25/h6-11,13,15-16,24H,12,14H2,1-5H3. The van der Waals surface area contributed by atoms with Crippen molar-refractivity contribution in [3.05, 3.63) is 65.5 Å². The Bertz CT molecular complexity index is 884. The highest BCUT2D eigenvalue weighted by atomic mass is 35.5. The van der Waals surface area contributed by atoms with E-state index in [2.05, 4.69) is 75.7 Å². The molecule has 0 saturated carbocycles. The lowest BCUT2D eigenvalue weighted by Gasteiger charge is -2.36. The predicted molar refractivity (Wildman–Crippen MR) is 119 cm³/mol. The molecular weight excluding hydrogens is 372 g/mol. The van der Waals surface area contributed by atoms with Gasteiger partial charge >= 0.3 is 0 Å². The van der Waals surface area contributed by atoms with Crippen molar-refractivity contribution in [1.29, 1.82) is 0 Å². The molecule has 0 spiro atoms. The molecule has 0 bridgehead atoms. The van der Waals surface area contributed by atoms with Crippen LogP contribution in [0.25, 0.3) is 10.8 Å². The van der Waals surface area contributed by atoms with Gasteiger partial charge in [-0.2, -0.15) is 0 Å². The molecule has 0 atom stereocenters. The van der Waals surface area contributed by atoms with Gasteiger partial charge in [0.05, 0.1) is 5.69 Å². The van der Waals surface area contributed by atoms with Crippen molar-refractivity contribution in [2.24, 2.45) is 0 Å². The Hall–Kier alpha value is -1.75. The molecule has 1 aliphatic rings. The quantitative estimate of drug-likeness (QED) is 0.469. The van der Waals surface area contributed by atoms with Crippen LogP contribution in [0.2, 0.25) is 18.1 Å². The fourth-order valence-electron chi connectivity index (χ4n) is 2.78. The number of nitrogens with one attached hydrogen (secondary N) is 1. The molecule has 0 saturated heterocycles. The van der Waals surface area contributed by atoms with Gasteiger partial charge in [-0.3, -0.25) is 10.4 Å². The first-order valence-electron chi connectivity index (χ1n) is 9.42. The fourth-order valence-corrected chi connectivity index (χ4v) is 3.99. The number of anilines is 1. The number of hydrogen-bond acceptors (Lipinski definition) is 3. The summed E-state index contributed by atoms with van der Waals surface area (Å²) in [7, 11) is -1.68. The maximum Gasteiger partial charge on any atom is 0.191 e. The second kappa shape index (κ2) is 7.70. The minimum atomic E-state index is -1.68. The molecule has 1 N–H and O–H groups in total. The van der Waals surface area contributed by atoms with Crippen LogP contribution in [0.4, 0.5) is 5.69 Å². The first-order chi connectivity index (χ1) is 12.7. The average Bonchev–Trinajstić information content (AvgIpc) is 2.60. The number of hydrazine groups is 1. The van der Waals surface area contributed by atoms with E-state index in [0.717, 1.165) is 18.7 Å². The fraction of sp³-hybridized carbons (Fsp3) is 0.364. The Morgan fingerprint density at radius 1 is 1.07 bits per heavy atom. The lowest BCUT2D eigenvalue weighted by atomic mass is 10.0. The van der Waals surface area contributed by atoms with E-state index in [1.165, 1.54) is 16.3 Å². The summed E-state index contributed by atoms with van der Waals surface area (Å²) >= 11 is 6.06. The van der Waals surface area contributed by atoms with E-state index in [-0.39, 0.29) is 5.04 Å². The van der Waals surface area contributed by atoms with Gasteiger partial charge in [0, 0.05) is 12.8 Å². The highest BCUT2D eigenvalue weighted by Gasteiger charge is 2.36. The molecule has 2 aromatic rings. The van der Waals surface area contributed by atoms with Gasteiger partial charge in [-0.1, -0.05) is 56.6 Å². The molecule has 3 rings (SSSR count). The minimum Gasteiger partial charge on any atom is -0.416 e. The number of allylic oxidation sites excluding steroid dienone is 2. The molecule has 5 heteroatoms. The topological polar surface area (TPSA) is 24.5 Å². The number of nitrogens with zero attached hydrogens (tertiary/aromatic N) is 1. The molecule has 1 heterocycles. The first-order valence-corrected chi connectivity index (χ1v) is 12.7. The van der Waals surface area contributed by atoms with E-state index < -0.39 is 8.32 Å². The molecule has 144 valence electrons. The normalized spacial score (nSPS) is 15.0. The largest absolute Gasteiger partial charge is 0.416 e. The van der Waals surface area contributed by atoms with E-state index in [4.69, 9.17) is 16.0 Å². The summed E-state index contributed by atoms with van der Waals surface area (Å²) in [6.45, 7) is 12.2. The molecule has 1 aliphatic heterocycles. The molecule has 27 heavy (non-hydrogen) atoms. The molecule has 0 unspecified atom stereocenters. The van der Waals surface area contributed by atoms with Crippen LogP contribution in [0.1, 0.15) is 26.3 Å². The van der Waals surface area contributed by atoms with Gasteiger partial charge < -0.3 is 4.43 Å². The molecule has 0 radical (unpaired) electrons. The Morgan fingerprint density at radius 3 is 2.48 bits per heavy atom. The highest BCUT2D eigenvalue weighted by Crippen LogP contribution is 2.36. The van der Waals surface area contributed by atoms with Crippen LogP contribution < -0.4 is 10.4 Å². The SMILES string of the molecule is CC(C)(C)[Si](C)(C)OCCc1ccc2cc(N3C=CC=C(Cl)N3)ccc2c1. The number of rotatable bonds is 5. The van der Waals surface area contributed by atoms with E-state index in [0.29, 0.717) is 5.16 Å². The average molecular weight is 401 g/mol. The molecule has 0 aliphatic carbocycles.